The lowest BCUT2D eigenvalue weighted by atomic mass is 10.2. The zero-order valence-corrected chi connectivity index (χ0v) is 6.49. The predicted octanol–water partition coefficient (Wildman–Crippen LogP) is 1.73. The van der Waals surface area contributed by atoms with Crippen molar-refractivity contribution in [3.63, 3.8) is 0 Å². The molecule has 54 valence electrons. The van der Waals surface area contributed by atoms with Crippen LogP contribution >= 0.6 is 11.8 Å². The summed E-state index contributed by atoms with van der Waals surface area (Å²) in [5.74, 6) is 1.16. The Morgan fingerprint density at radius 1 is 1.80 bits per heavy atom. The first-order valence-corrected chi connectivity index (χ1v) is 4.27. The van der Waals surface area contributed by atoms with Gasteiger partial charge in [-0.05, 0) is 18.6 Å². The first-order valence-electron chi connectivity index (χ1n) is 3.23. The molecule has 2 nitrogen and oxygen atoms in total. The molecule has 0 saturated carbocycles. The van der Waals surface area contributed by atoms with Gasteiger partial charge in [-0.1, -0.05) is 6.58 Å². The van der Waals surface area contributed by atoms with Crippen molar-refractivity contribution in [1.82, 2.24) is 0 Å². The Balaban J connectivity index is 2.47. The van der Waals surface area contributed by atoms with Crippen molar-refractivity contribution in [2.45, 2.75) is 18.1 Å². The van der Waals surface area contributed by atoms with Crippen LogP contribution in [0.3, 0.4) is 0 Å². The molecule has 10 heavy (non-hydrogen) atoms. The Labute approximate surface area is 64.4 Å². The molecule has 1 heterocycles. The summed E-state index contributed by atoms with van der Waals surface area (Å²) in [6.45, 7) is 3.68. The number of carbonyl (C=O) groups excluding carboxylic acids is 1. The molecule has 0 aromatic heterocycles. The standard InChI is InChI=1S/C7H9NOS/c1-6(8-5-9)7-3-2-4-10-7/h7H,1-4H2. The van der Waals surface area contributed by atoms with E-state index in [1.54, 1.807) is 0 Å². The fraction of sp³-hybridized carbons (Fsp3) is 0.571. The molecule has 3 heteroatoms. The summed E-state index contributed by atoms with van der Waals surface area (Å²) in [5.41, 5.74) is 0.678. The molecular weight excluding hydrogens is 146 g/mol. The maximum Gasteiger partial charge on any atom is 0.240 e. The fourth-order valence-corrected chi connectivity index (χ4v) is 2.17. The molecule has 1 aliphatic heterocycles. The molecule has 0 amide bonds. The second-order valence-electron chi connectivity index (χ2n) is 2.20. The molecule has 1 atom stereocenters. The third-order valence-corrected chi connectivity index (χ3v) is 2.93. The van der Waals surface area contributed by atoms with Crippen LogP contribution < -0.4 is 0 Å². The topological polar surface area (TPSA) is 29.4 Å². The highest BCUT2D eigenvalue weighted by atomic mass is 32.2. The average Bonchev–Trinajstić information content (AvgIpc) is 2.38. The molecule has 1 saturated heterocycles. The molecule has 0 aromatic rings. The van der Waals surface area contributed by atoms with E-state index in [1.807, 2.05) is 11.8 Å². The van der Waals surface area contributed by atoms with E-state index in [0.29, 0.717) is 10.9 Å². The van der Waals surface area contributed by atoms with Crippen molar-refractivity contribution in [3.8, 4) is 0 Å². The number of hydrogen-bond donors (Lipinski definition) is 0. The Bertz CT molecular complexity index is 178. The van der Waals surface area contributed by atoms with Crippen LogP contribution in [0.25, 0.3) is 0 Å². The van der Waals surface area contributed by atoms with Gasteiger partial charge in [-0.2, -0.15) is 16.8 Å². The number of rotatable bonds is 2. The molecule has 0 aliphatic carbocycles. The lowest BCUT2D eigenvalue weighted by Gasteiger charge is -2.03. The number of nitrogens with zero attached hydrogens (tertiary/aromatic N) is 1. The Morgan fingerprint density at radius 3 is 3.10 bits per heavy atom. The lowest BCUT2D eigenvalue weighted by molar-refractivity contribution is 0.564. The van der Waals surface area contributed by atoms with Gasteiger partial charge in [0.1, 0.15) is 0 Å². The van der Waals surface area contributed by atoms with Crippen LogP contribution in [-0.4, -0.2) is 17.1 Å². The Hall–Kier alpha value is -0.530. The molecular formula is C7H9NOS. The molecule has 1 unspecified atom stereocenters. The highest BCUT2D eigenvalue weighted by molar-refractivity contribution is 8.00. The van der Waals surface area contributed by atoms with Crippen LogP contribution in [0.4, 0.5) is 0 Å². The smallest absolute Gasteiger partial charge is 0.211 e. The van der Waals surface area contributed by atoms with E-state index in [2.05, 4.69) is 11.6 Å². The van der Waals surface area contributed by atoms with E-state index < -0.39 is 0 Å². The van der Waals surface area contributed by atoms with Crippen LogP contribution in [-0.2, 0) is 4.79 Å². The number of aliphatic imine (C=N–C) groups is 1. The van der Waals surface area contributed by atoms with Crippen molar-refractivity contribution in [2.75, 3.05) is 5.75 Å². The van der Waals surface area contributed by atoms with Crippen molar-refractivity contribution < 1.29 is 4.79 Å². The van der Waals surface area contributed by atoms with Crippen molar-refractivity contribution in [2.24, 2.45) is 4.99 Å². The second-order valence-corrected chi connectivity index (χ2v) is 3.51. The third kappa shape index (κ3) is 1.72. The molecule has 0 aromatic carbocycles. The van der Waals surface area contributed by atoms with E-state index in [-0.39, 0.29) is 0 Å². The van der Waals surface area contributed by atoms with Gasteiger partial charge in [0, 0.05) is 5.25 Å². The molecule has 0 bridgehead atoms. The summed E-state index contributed by atoms with van der Waals surface area (Å²) >= 11 is 1.82. The van der Waals surface area contributed by atoms with Crippen LogP contribution in [0.1, 0.15) is 12.8 Å². The van der Waals surface area contributed by atoms with Crippen LogP contribution in [0.15, 0.2) is 17.3 Å². The Kier molecular flexibility index (Phi) is 2.72. The molecule has 1 rings (SSSR count). The summed E-state index contributed by atoms with van der Waals surface area (Å²) in [7, 11) is 0. The average molecular weight is 155 g/mol. The van der Waals surface area contributed by atoms with E-state index in [9.17, 15) is 4.79 Å². The summed E-state index contributed by atoms with van der Waals surface area (Å²) in [6, 6.07) is 0. The van der Waals surface area contributed by atoms with Gasteiger partial charge >= 0.3 is 0 Å². The highest BCUT2D eigenvalue weighted by Crippen LogP contribution is 2.31. The van der Waals surface area contributed by atoms with Gasteiger partial charge in [0.2, 0.25) is 6.08 Å². The maximum absolute atomic E-state index is 9.81. The van der Waals surface area contributed by atoms with Crippen molar-refractivity contribution >= 4 is 17.8 Å². The molecule has 0 N–H and O–H groups in total. The van der Waals surface area contributed by atoms with Crippen molar-refractivity contribution in [3.05, 3.63) is 12.3 Å². The van der Waals surface area contributed by atoms with Gasteiger partial charge in [0.05, 0.1) is 5.70 Å². The van der Waals surface area contributed by atoms with E-state index >= 15 is 0 Å². The third-order valence-electron chi connectivity index (χ3n) is 1.49. The maximum atomic E-state index is 9.81. The predicted molar refractivity (Wildman–Crippen MR) is 42.7 cm³/mol. The van der Waals surface area contributed by atoms with Gasteiger partial charge in [0.15, 0.2) is 0 Å². The minimum absolute atomic E-state index is 0.376. The molecule has 1 fully saturated rings. The summed E-state index contributed by atoms with van der Waals surface area (Å²) in [6.07, 6.45) is 3.82. The quantitative estimate of drug-likeness (QED) is 0.449. The summed E-state index contributed by atoms with van der Waals surface area (Å²) in [4.78, 5) is 13.3. The highest BCUT2D eigenvalue weighted by Gasteiger charge is 2.17. The number of hydrogen-bond acceptors (Lipinski definition) is 3. The largest absolute Gasteiger partial charge is 0.240 e. The summed E-state index contributed by atoms with van der Waals surface area (Å²) < 4.78 is 0. The van der Waals surface area contributed by atoms with Crippen molar-refractivity contribution in [1.29, 1.82) is 0 Å². The fourth-order valence-electron chi connectivity index (χ4n) is 0.971. The Morgan fingerprint density at radius 2 is 2.60 bits per heavy atom. The van der Waals surface area contributed by atoms with Crippen LogP contribution in [0.5, 0.6) is 0 Å². The summed E-state index contributed by atoms with van der Waals surface area (Å²) in [5, 5.41) is 0.376. The van der Waals surface area contributed by atoms with Gasteiger partial charge in [-0.15, -0.1) is 0 Å². The number of thioether (sulfide) groups is 1. The minimum atomic E-state index is 0.376. The van der Waals surface area contributed by atoms with Crippen LogP contribution in [0.2, 0.25) is 0 Å². The molecule has 0 radical (unpaired) electrons. The van der Waals surface area contributed by atoms with Gasteiger partial charge in [-0.3, -0.25) is 0 Å². The van der Waals surface area contributed by atoms with Crippen LogP contribution in [0, 0.1) is 0 Å². The lowest BCUT2D eigenvalue weighted by Crippen LogP contribution is -1.96. The van der Waals surface area contributed by atoms with E-state index in [1.165, 1.54) is 12.5 Å². The van der Waals surface area contributed by atoms with E-state index in [4.69, 9.17) is 0 Å². The first-order chi connectivity index (χ1) is 4.84. The normalized spacial score (nSPS) is 23.8. The minimum Gasteiger partial charge on any atom is -0.211 e. The molecule has 1 aliphatic rings. The monoisotopic (exact) mass is 155 g/mol. The SMILES string of the molecule is C=C(N=C=O)C1CCCS1. The first kappa shape index (κ1) is 7.58. The zero-order chi connectivity index (χ0) is 7.40. The number of isocyanates is 1. The van der Waals surface area contributed by atoms with Gasteiger partial charge in [-0.25, -0.2) is 4.79 Å². The second kappa shape index (κ2) is 3.59. The van der Waals surface area contributed by atoms with E-state index in [0.717, 1.165) is 12.2 Å². The zero-order valence-electron chi connectivity index (χ0n) is 5.67. The molecule has 0 spiro atoms. The van der Waals surface area contributed by atoms with Gasteiger partial charge in [0.25, 0.3) is 0 Å². The van der Waals surface area contributed by atoms with Gasteiger partial charge < -0.3 is 0 Å².